The summed E-state index contributed by atoms with van der Waals surface area (Å²) in [4.78, 5) is 13.6. The van der Waals surface area contributed by atoms with Crippen LogP contribution in [0, 0.1) is 18.3 Å². The van der Waals surface area contributed by atoms with Gasteiger partial charge in [0.2, 0.25) is 5.91 Å². The van der Waals surface area contributed by atoms with E-state index >= 15 is 0 Å². The second-order valence-electron chi connectivity index (χ2n) is 4.96. The highest BCUT2D eigenvalue weighted by atomic mass is 16.2. The fraction of sp³-hybridized carbons (Fsp3) is 0.250. The quantitative estimate of drug-likeness (QED) is 0.794. The number of amides is 1. The van der Waals surface area contributed by atoms with Gasteiger partial charge in [-0.25, -0.2) is 4.68 Å². The van der Waals surface area contributed by atoms with E-state index in [1.807, 2.05) is 41.4 Å². The Balaban J connectivity index is 1.70. The highest BCUT2D eigenvalue weighted by molar-refractivity contribution is 5.79. The van der Waals surface area contributed by atoms with Gasteiger partial charge in [0.05, 0.1) is 5.69 Å². The molecule has 100 valence electrons. The number of likely N-dealkylation sites (tertiary alicyclic amines) is 1. The predicted molar refractivity (Wildman–Crippen MR) is 75.9 cm³/mol. The molecule has 0 aliphatic carbocycles. The average Bonchev–Trinajstić information content (AvgIpc) is 3.10. The van der Waals surface area contributed by atoms with Gasteiger partial charge in [-0.05, 0) is 23.8 Å². The van der Waals surface area contributed by atoms with Crippen LogP contribution in [-0.4, -0.2) is 27.1 Å². The van der Waals surface area contributed by atoms with Gasteiger partial charge in [0.25, 0.3) is 0 Å². The minimum atomic E-state index is 0.0610. The summed E-state index contributed by atoms with van der Waals surface area (Å²) in [5.74, 6) is 2.87. The van der Waals surface area contributed by atoms with Gasteiger partial charge < -0.3 is 4.90 Å². The van der Waals surface area contributed by atoms with Crippen LogP contribution in [0.4, 0.5) is 0 Å². The molecule has 4 heteroatoms. The lowest BCUT2D eigenvalue weighted by molar-refractivity contribution is -0.128. The maximum Gasteiger partial charge on any atom is 0.224 e. The van der Waals surface area contributed by atoms with E-state index in [1.165, 1.54) is 0 Å². The van der Waals surface area contributed by atoms with Crippen molar-refractivity contribution in [2.24, 2.45) is 5.92 Å². The van der Waals surface area contributed by atoms with E-state index in [4.69, 9.17) is 6.42 Å². The third-order valence-electron chi connectivity index (χ3n) is 3.53. The number of aromatic nitrogens is 2. The third kappa shape index (κ3) is 2.43. The highest BCUT2D eigenvalue weighted by Gasteiger charge is 2.27. The molecule has 0 N–H and O–H groups in total. The molecular weight excluding hydrogens is 250 g/mol. The summed E-state index contributed by atoms with van der Waals surface area (Å²) in [5.41, 5.74) is 2.11. The van der Waals surface area contributed by atoms with Crippen molar-refractivity contribution in [3.8, 4) is 18.0 Å². The third-order valence-corrected chi connectivity index (χ3v) is 3.53. The Morgan fingerprint density at radius 2 is 2.15 bits per heavy atom. The predicted octanol–water partition coefficient (Wildman–Crippen LogP) is 1.85. The number of benzene rings is 1. The average molecular weight is 265 g/mol. The first-order valence-corrected chi connectivity index (χ1v) is 6.59. The lowest BCUT2D eigenvalue weighted by atomic mass is 10.1. The molecule has 4 nitrogen and oxygen atoms in total. The van der Waals surface area contributed by atoms with Crippen LogP contribution in [0.1, 0.15) is 12.0 Å². The van der Waals surface area contributed by atoms with E-state index in [-0.39, 0.29) is 11.8 Å². The van der Waals surface area contributed by atoms with Crippen LogP contribution in [0.15, 0.2) is 42.7 Å². The van der Waals surface area contributed by atoms with Crippen LogP contribution in [0.3, 0.4) is 0 Å². The smallest absolute Gasteiger partial charge is 0.224 e. The molecule has 1 aromatic carbocycles. The second-order valence-corrected chi connectivity index (χ2v) is 4.96. The van der Waals surface area contributed by atoms with Crippen LogP contribution in [-0.2, 0) is 11.3 Å². The van der Waals surface area contributed by atoms with Crippen molar-refractivity contribution in [3.05, 3.63) is 48.3 Å². The Hall–Kier alpha value is -2.54. The van der Waals surface area contributed by atoms with Gasteiger partial charge in [0, 0.05) is 37.8 Å². The molecule has 0 bridgehead atoms. The van der Waals surface area contributed by atoms with Crippen molar-refractivity contribution in [3.63, 3.8) is 0 Å². The molecule has 1 unspecified atom stereocenters. The minimum absolute atomic E-state index is 0.0610. The molecule has 20 heavy (non-hydrogen) atoms. The molecule has 1 aromatic heterocycles. The van der Waals surface area contributed by atoms with Crippen LogP contribution in [0.5, 0.6) is 0 Å². The molecule has 1 aliphatic rings. The molecular formula is C16H15N3O. The molecule has 2 heterocycles. The summed E-state index contributed by atoms with van der Waals surface area (Å²) in [5, 5.41) is 4.18. The molecule has 1 atom stereocenters. The summed E-state index contributed by atoms with van der Waals surface area (Å²) in [6, 6.07) is 9.93. The zero-order chi connectivity index (χ0) is 13.9. The minimum Gasteiger partial charge on any atom is -0.337 e. The summed E-state index contributed by atoms with van der Waals surface area (Å²) >= 11 is 0. The highest BCUT2D eigenvalue weighted by Crippen LogP contribution is 2.20. The van der Waals surface area contributed by atoms with Crippen molar-refractivity contribution in [2.75, 3.05) is 6.54 Å². The Morgan fingerprint density at radius 1 is 1.35 bits per heavy atom. The number of rotatable bonds is 3. The molecule has 0 radical (unpaired) electrons. The van der Waals surface area contributed by atoms with Gasteiger partial charge in [0.1, 0.15) is 0 Å². The maximum atomic E-state index is 11.8. The van der Waals surface area contributed by atoms with E-state index < -0.39 is 0 Å². The van der Waals surface area contributed by atoms with E-state index in [0.717, 1.165) is 11.3 Å². The number of hydrogen-bond donors (Lipinski definition) is 0. The van der Waals surface area contributed by atoms with Crippen LogP contribution >= 0.6 is 0 Å². The summed E-state index contributed by atoms with van der Waals surface area (Å²) in [6.45, 7) is 1.28. The molecule has 2 aromatic rings. The molecule has 1 aliphatic heterocycles. The van der Waals surface area contributed by atoms with E-state index in [9.17, 15) is 4.79 Å². The normalized spacial score (nSPS) is 18.2. The van der Waals surface area contributed by atoms with Gasteiger partial charge in [-0.2, -0.15) is 5.10 Å². The topological polar surface area (TPSA) is 38.1 Å². The van der Waals surface area contributed by atoms with Gasteiger partial charge in [-0.1, -0.05) is 12.1 Å². The molecule has 3 rings (SSSR count). The number of carbonyl (C=O) groups is 1. The van der Waals surface area contributed by atoms with Crippen molar-refractivity contribution < 1.29 is 4.79 Å². The van der Waals surface area contributed by atoms with E-state index in [1.54, 1.807) is 10.9 Å². The lowest BCUT2D eigenvalue weighted by Crippen LogP contribution is -2.24. The Bertz CT molecular complexity index is 637. The first kappa shape index (κ1) is 12.5. The summed E-state index contributed by atoms with van der Waals surface area (Å²) in [6.07, 6.45) is 9.51. The molecule has 1 fully saturated rings. The Morgan fingerprint density at radius 3 is 2.75 bits per heavy atom. The van der Waals surface area contributed by atoms with Gasteiger partial charge in [0.15, 0.2) is 0 Å². The number of nitrogens with zero attached hydrogens (tertiary/aromatic N) is 3. The summed E-state index contributed by atoms with van der Waals surface area (Å²) in [7, 11) is 0. The van der Waals surface area contributed by atoms with Gasteiger partial charge in [-0.15, -0.1) is 12.3 Å². The number of terminal acetylenes is 1. The van der Waals surface area contributed by atoms with Crippen molar-refractivity contribution in [2.45, 2.75) is 13.0 Å². The largest absolute Gasteiger partial charge is 0.337 e. The number of carbonyl (C=O) groups excluding carboxylic acids is 1. The first-order chi connectivity index (χ1) is 9.76. The van der Waals surface area contributed by atoms with Crippen molar-refractivity contribution in [1.82, 2.24) is 14.7 Å². The molecule has 0 spiro atoms. The fourth-order valence-corrected chi connectivity index (χ4v) is 2.43. The van der Waals surface area contributed by atoms with Gasteiger partial charge >= 0.3 is 0 Å². The number of hydrogen-bond acceptors (Lipinski definition) is 2. The lowest BCUT2D eigenvalue weighted by Gasteiger charge is -2.16. The van der Waals surface area contributed by atoms with Crippen molar-refractivity contribution in [1.29, 1.82) is 0 Å². The fourth-order valence-electron chi connectivity index (χ4n) is 2.43. The summed E-state index contributed by atoms with van der Waals surface area (Å²) < 4.78 is 1.80. The Kier molecular flexibility index (Phi) is 3.26. The standard InChI is InChI=1S/C16H15N3O/c1-2-13-10-16(20)18(11-13)12-14-4-6-15(7-5-14)19-9-3-8-17-19/h1,3-9,13H,10-12H2. The second kappa shape index (κ2) is 5.22. The molecule has 1 amide bonds. The monoisotopic (exact) mass is 265 g/mol. The van der Waals surface area contributed by atoms with Crippen LogP contribution in [0.25, 0.3) is 5.69 Å². The van der Waals surface area contributed by atoms with Crippen LogP contribution < -0.4 is 0 Å². The van der Waals surface area contributed by atoms with Crippen molar-refractivity contribution >= 4 is 5.91 Å². The Labute approximate surface area is 118 Å². The maximum absolute atomic E-state index is 11.8. The van der Waals surface area contributed by atoms with E-state index in [0.29, 0.717) is 19.5 Å². The molecule has 1 saturated heterocycles. The zero-order valence-corrected chi connectivity index (χ0v) is 11.1. The van der Waals surface area contributed by atoms with Gasteiger partial charge in [-0.3, -0.25) is 4.79 Å². The first-order valence-electron chi connectivity index (χ1n) is 6.59. The zero-order valence-electron chi connectivity index (χ0n) is 11.1. The van der Waals surface area contributed by atoms with E-state index in [2.05, 4.69) is 11.0 Å². The SMILES string of the molecule is C#CC1CC(=O)N(Cc2ccc(-n3cccn3)cc2)C1. The van der Waals surface area contributed by atoms with Crippen LogP contribution in [0.2, 0.25) is 0 Å². The molecule has 0 saturated carbocycles.